The molecule has 0 bridgehead atoms. The van der Waals surface area contributed by atoms with Gasteiger partial charge in [0.1, 0.15) is 29.9 Å². The van der Waals surface area contributed by atoms with Crippen LogP contribution in [0.2, 0.25) is 0 Å². The summed E-state index contributed by atoms with van der Waals surface area (Å²) in [5.41, 5.74) is 1.52. The lowest BCUT2D eigenvalue weighted by atomic mass is 10.1. The van der Waals surface area contributed by atoms with E-state index in [9.17, 15) is 4.79 Å². The fraction of sp³-hybridized carbons (Fsp3) is 0.412. The summed E-state index contributed by atoms with van der Waals surface area (Å²) in [5, 5.41) is 10.8. The monoisotopic (exact) mass is 341 g/mol. The summed E-state index contributed by atoms with van der Waals surface area (Å²) >= 11 is 0. The molecule has 1 unspecified atom stereocenters. The Labute approximate surface area is 144 Å². The predicted molar refractivity (Wildman–Crippen MR) is 90.2 cm³/mol. The van der Waals surface area contributed by atoms with E-state index in [1.54, 1.807) is 13.0 Å². The van der Waals surface area contributed by atoms with Crippen LogP contribution in [0, 0.1) is 6.92 Å². The van der Waals surface area contributed by atoms with Crippen LogP contribution in [0.3, 0.4) is 0 Å². The van der Waals surface area contributed by atoms with E-state index in [-0.39, 0.29) is 17.5 Å². The summed E-state index contributed by atoms with van der Waals surface area (Å²) < 4.78 is 10.5. The second-order valence-corrected chi connectivity index (χ2v) is 6.74. The summed E-state index contributed by atoms with van der Waals surface area (Å²) in [4.78, 5) is 21.4. The lowest BCUT2D eigenvalue weighted by Crippen LogP contribution is -2.27. The molecule has 3 aromatic rings. The molecule has 8 nitrogen and oxygen atoms in total. The standard InChI is InChI=1S/C17H19N5O3/c1-9(11-4-7-24-22-11)20-15(23)12-10(2)25-16-13(12)14(18-8-19-16)21-17(3)5-6-17/h4,7-9H,5-6H2,1-3H3,(H,20,23)(H,18,19,21). The van der Waals surface area contributed by atoms with Gasteiger partial charge in [-0.3, -0.25) is 4.79 Å². The van der Waals surface area contributed by atoms with E-state index in [1.165, 1.54) is 12.6 Å². The van der Waals surface area contributed by atoms with Crippen molar-refractivity contribution in [2.75, 3.05) is 5.32 Å². The SMILES string of the molecule is Cc1oc2ncnc(NC3(C)CC3)c2c1C(=O)NC(C)c1ccon1. The molecule has 0 spiro atoms. The minimum Gasteiger partial charge on any atom is -0.442 e. The van der Waals surface area contributed by atoms with Crippen LogP contribution in [-0.4, -0.2) is 26.6 Å². The second-order valence-electron chi connectivity index (χ2n) is 6.74. The van der Waals surface area contributed by atoms with Gasteiger partial charge in [0.25, 0.3) is 5.91 Å². The van der Waals surface area contributed by atoms with E-state index in [0.717, 1.165) is 12.8 Å². The Morgan fingerprint density at radius 3 is 2.84 bits per heavy atom. The van der Waals surface area contributed by atoms with Crippen molar-refractivity contribution in [2.24, 2.45) is 0 Å². The Morgan fingerprint density at radius 1 is 1.36 bits per heavy atom. The highest BCUT2D eigenvalue weighted by molar-refractivity contribution is 6.10. The first-order valence-corrected chi connectivity index (χ1v) is 8.20. The molecule has 25 heavy (non-hydrogen) atoms. The highest BCUT2D eigenvalue weighted by Gasteiger charge is 2.38. The van der Waals surface area contributed by atoms with Crippen molar-refractivity contribution >= 4 is 22.8 Å². The van der Waals surface area contributed by atoms with Gasteiger partial charge in [-0.2, -0.15) is 0 Å². The molecular weight excluding hydrogens is 322 g/mol. The number of carbonyl (C=O) groups excluding carboxylic acids is 1. The average molecular weight is 341 g/mol. The van der Waals surface area contributed by atoms with Crippen molar-refractivity contribution in [3.05, 3.63) is 35.7 Å². The molecular formula is C17H19N5O3. The molecule has 3 heterocycles. The minimum absolute atomic E-state index is 0.0220. The number of rotatable bonds is 5. The number of nitrogens with one attached hydrogen (secondary N) is 2. The topological polar surface area (TPSA) is 106 Å². The van der Waals surface area contributed by atoms with Crippen molar-refractivity contribution in [1.82, 2.24) is 20.4 Å². The average Bonchev–Trinajstić information content (AvgIpc) is 3.01. The Morgan fingerprint density at radius 2 is 2.16 bits per heavy atom. The van der Waals surface area contributed by atoms with Crippen molar-refractivity contribution in [3.63, 3.8) is 0 Å². The number of hydrogen-bond acceptors (Lipinski definition) is 7. The molecule has 1 aliphatic carbocycles. The summed E-state index contributed by atoms with van der Waals surface area (Å²) in [7, 11) is 0. The maximum atomic E-state index is 12.9. The van der Waals surface area contributed by atoms with Gasteiger partial charge in [0.2, 0.25) is 5.71 Å². The minimum atomic E-state index is -0.294. The fourth-order valence-corrected chi connectivity index (χ4v) is 2.80. The number of anilines is 1. The zero-order valence-electron chi connectivity index (χ0n) is 14.3. The Hall–Kier alpha value is -2.90. The first-order chi connectivity index (χ1) is 12.0. The van der Waals surface area contributed by atoms with Gasteiger partial charge in [-0.25, -0.2) is 9.97 Å². The number of aromatic nitrogens is 3. The third-order valence-electron chi connectivity index (χ3n) is 4.56. The van der Waals surface area contributed by atoms with Crippen LogP contribution in [0.25, 0.3) is 11.1 Å². The van der Waals surface area contributed by atoms with Crippen LogP contribution in [0.5, 0.6) is 0 Å². The van der Waals surface area contributed by atoms with Crippen LogP contribution in [0.4, 0.5) is 5.82 Å². The van der Waals surface area contributed by atoms with Crippen LogP contribution in [-0.2, 0) is 0 Å². The second kappa shape index (κ2) is 5.58. The number of amides is 1. The van der Waals surface area contributed by atoms with E-state index >= 15 is 0 Å². The number of furan rings is 1. The van der Waals surface area contributed by atoms with Gasteiger partial charge in [-0.05, 0) is 33.6 Å². The molecule has 0 aliphatic heterocycles. The first-order valence-electron chi connectivity index (χ1n) is 8.20. The van der Waals surface area contributed by atoms with Gasteiger partial charge in [0.15, 0.2) is 0 Å². The first kappa shape index (κ1) is 15.6. The maximum Gasteiger partial charge on any atom is 0.256 e. The molecule has 1 fully saturated rings. The van der Waals surface area contributed by atoms with Crippen molar-refractivity contribution < 1.29 is 13.7 Å². The van der Waals surface area contributed by atoms with Gasteiger partial charge in [-0.15, -0.1) is 0 Å². The lowest BCUT2D eigenvalue weighted by Gasteiger charge is -2.14. The lowest BCUT2D eigenvalue weighted by molar-refractivity contribution is 0.0938. The molecule has 4 rings (SSSR count). The van der Waals surface area contributed by atoms with Gasteiger partial charge in [0, 0.05) is 11.6 Å². The highest BCUT2D eigenvalue weighted by atomic mass is 16.5. The molecule has 130 valence electrons. The summed E-state index contributed by atoms with van der Waals surface area (Å²) in [6.45, 7) is 5.72. The van der Waals surface area contributed by atoms with Gasteiger partial charge in [-0.1, -0.05) is 5.16 Å². The molecule has 0 aromatic carbocycles. The van der Waals surface area contributed by atoms with Crippen molar-refractivity contribution in [2.45, 2.75) is 45.2 Å². The third-order valence-corrected chi connectivity index (χ3v) is 4.56. The summed E-state index contributed by atoms with van der Waals surface area (Å²) in [6, 6.07) is 1.42. The number of nitrogens with zero attached hydrogens (tertiary/aromatic N) is 3. The number of hydrogen-bond donors (Lipinski definition) is 2. The maximum absolute atomic E-state index is 12.9. The molecule has 3 aromatic heterocycles. The summed E-state index contributed by atoms with van der Waals surface area (Å²) in [5.74, 6) is 0.871. The number of carbonyl (C=O) groups is 1. The van der Waals surface area contributed by atoms with E-state index in [1.807, 2.05) is 6.92 Å². The van der Waals surface area contributed by atoms with Crippen LogP contribution < -0.4 is 10.6 Å². The molecule has 1 amide bonds. The van der Waals surface area contributed by atoms with Gasteiger partial charge >= 0.3 is 0 Å². The van der Waals surface area contributed by atoms with Crippen molar-refractivity contribution in [1.29, 1.82) is 0 Å². The zero-order chi connectivity index (χ0) is 17.6. The van der Waals surface area contributed by atoms with Crippen LogP contribution in [0.1, 0.15) is 54.5 Å². The van der Waals surface area contributed by atoms with E-state index in [4.69, 9.17) is 8.94 Å². The van der Waals surface area contributed by atoms with E-state index in [0.29, 0.717) is 33.9 Å². The number of fused-ring (bicyclic) bond motifs is 1. The van der Waals surface area contributed by atoms with Crippen LogP contribution in [0.15, 0.2) is 27.6 Å². The van der Waals surface area contributed by atoms with E-state index < -0.39 is 0 Å². The molecule has 1 saturated carbocycles. The smallest absolute Gasteiger partial charge is 0.256 e. The van der Waals surface area contributed by atoms with E-state index in [2.05, 4.69) is 32.7 Å². The Balaban J connectivity index is 1.70. The predicted octanol–water partition coefficient (Wildman–Crippen LogP) is 2.97. The highest BCUT2D eigenvalue weighted by Crippen LogP contribution is 2.40. The number of aryl methyl sites for hydroxylation is 1. The molecule has 1 atom stereocenters. The third kappa shape index (κ3) is 2.84. The fourth-order valence-electron chi connectivity index (χ4n) is 2.80. The molecule has 0 radical (unpaired) electrons. The van der Waals surface area contributed by atoms with Gasteiger partial charge < -0.3 is 19.6 Å². The van der Waals surface area contributed by atoms with Crippen LogP contribution >= 0.6 is 0 Å². The van der Waals surface area contributed by atoms with Crippen molar-refractivity contribution in [3.8, 4) is 0 Å². The quantitative estimate of drug-likeness (QED) is 0.734. The largest absolute Gasteiger partial charge is 0.442 e. The molecule has 1 aliphatic rings. The Kier molecular flexibility index (Phi) is 3.48. The normalized spacial score (nSPS) is 16.6. The van der Waals surface area contributed by atoms with Gasteiger partial charge in [0.05, 0.1) is 17.0 Å². The summed E-state index contributed by atoms with van der Waals surface area (Å²) in [6.07, 6.45) is 5.06. The molecule has 8 heteroatoms. The molecule has 2 N–H and O–H groups in total. The zero-order valence-corrected chi connectivity index (χ0v) is 14.3. The Bertz CT molecular complexity index is 927. The molecule has 0 saturated heterocycles.